The van der Waals surface area contributed by atoms with Gasteiger partial charge in [0, 0.05) is 30.4 Å². The molecule has 8 heteroatoms. The van der Waals surface area contributed by atoms with Crippen molar-refractivity contribution in [3.8, 4) is 5.75 Å². The third kappa shape index (κ3) is 4.96. The second kappa shape index (κ2) is 9.30. The lowest BCUT2D eigenvalue weighted by Crippen LogP contribution is -2.34. The lowest BCUT2D eigenvalue weighted by atomic mass is 10.0. The first-order valence-corrected chi connectivity index (χ1v) is 13.0. The molecule has 2 fully saturated rings. The molecule has 2 saturated heterocycles. The van der Waals surface area contributed by atoms with Crippen LogP contribution < -0.4 is 10.1 Å². The second-order valence-electron chi connectivity index (χ2n) is 8.82. The lowest BCUT2D eigenvalue weighted by molar-refractivity contribution is 0.237. The van der Waals surface area contributed by atoms with Crippen LogP contribution in [0.5, 0.6) is 5.75 Å². The fraction of sp³-hybridized carbons (Fsp3) is 0.609. The molecule has 7 nitrogen and oxygen atoms in total. The largest absolute Gasteiger partial charge is 0.497 e. The van der Waals surface area contributed by atoms with Crippen LogP contribution >= 0.6 is 0 Å². The molecule has 170 valence electrons. The van der Waals surface area contributed by atoms with Crippen LogP contribution in [0.1, 0.15) is 53.9 Å². The van der Waals surface area contributed by atoms with Crippen LogP contribution in [0.15, 0.2) is 24.3 Å². The number of nitrogens with one attached hydrogen (secondary N) is 1. The Balaban J connectivity index is 1.46. The van der Waals surface area contributed by atoms with Gasteiger partial charge in [-0.2, -0.15) is 5.10 Å². The first-order chi connectivity index (χ1) is 14.9. The summed E-state index contributed by atoms with van der Waals surface area (Å²) in [5.41, 5.74) is 4.50. The molecule has 31 heavy (non-hydrogen) atoms. The zero-order valence-electron chi connectivity index (χ0n) is 18.8. The van der Waals surface area contributed by atoms with E-state index in [1.54, 1.807) is 7.11 Å². The van der Waals surface area contributed by atoms with Crippen molar-refractivity contribution in [2.75, 3.05) is 38.2 Å². The van der Waals surface area contributed by atoms with Gasteiger partial charge in [-0.25, -0.2) is 8.42 Å². The molecule has 3 heterocycles. The van der Waals surface area contributed by atoms with Gasteiger partial charge >= 0.3 is 0 Å². The number of ether oxygens (including phenoxy) is 1. The van der Waals surface area contributed by atoms with Crippen LogP contribution in [-0.4, -0.2) is 61.3 Å². The summed E-state index contributed by atoms with van der Waals surface area (Å²) >= 11 is 0. The third-order valence-corrected chi connectivity index (χ3v) is 8.48. The van der Waals surface area contributed by atoms with Crippen LogP contribution in [-0.2, 0) is 16.4 Å². The molecule has 0 radical (unpaired) electrons. The predicted molar refractivity (Wildman–Crippen MR) is 122 cm³/mol. The number of aryl methyl sites for hydroxylation is 1. The standard InChI is InChI=1S/C23H34N4O3S/c1-17-22(18(2)27(25-17)20-9-12-31(28,29)16-20)14-24-15-23(26-10-4-5-11-26)19-7-6-8-21(13-19)30-3/h6-8,13,20,23-24H,4-5,9-12,14-16H2,1-3H3/t20-,23-/m0/s1. The van der Waals surface area contributed by atoms with Gasteiger partial charge in [-0.15, -0.1) is 0 Å². The van der Waals surface area contributed by atoms with Gasteiger partial charge < -0.3 is 10.1 Å². The molecular weight excluding hydrogens is 412 g/mol. The molecule has 2 aliphatic rings. The van der Waals surface area contributed by atoms with E-state index in [9.17, 15) is 8.42 Å². The van der Waals surface area contributed by atoms with Crippen molar-refractivity contribution in [2.45, 2.75) is 51.7 Å². The Morgan fingerprint density at radius 2 is 2.03 bits per heavy atom. The summed E-state index contributed by atoms with van der Waals surface area (Å²) in [6, 6.07) is 8.63. The van der Waals surface area contributed by atoms with Gasteiger partial charge in [0.15, 0.2) is 9.84 Å². The molecule has 0 unspecified atom stereocenters. The normalized spacial score (nSPS) is 22.1. The highest BCUT2D eigenvalue weighted by atomic mass is 32.2. The van der Waals surface area contributed by atoms with Gasteiger partial charge in [0.25, 0.3) is 0 Å². The molecule has 0 amide bonds. The monoisotopic (exact) mass is 446 g/mol. The molecule has 0 aliphatic carbocycles. The molecule has 2 aliphatic heterocycles. The fourth-order valence-corrected chi connectivity index (χ4v) is 6.66. The van der Waals surface area contributed by atoms with E-state index in [0.717, 1.165) is 43.3 Å². The van der Waals surface area contributed by atoms with Gasteiger partial charge in [0.05, 0.1) is 30.4 Å². The minimum absolute atomic E-state index is 0.0356. The van der Waals surface area contributed by atoms with E-state index >= 15 is 0 Å². The van der Waals surface area contributed by atoms with Gasteiger partial charge in [-0.1, -0.05) is 12.1 Å². The summed E-state index contributed by atoms with van der Waals surface area (Å²) in [7, 11) is -1.22. The summed E-state index contributed by atoms with van der Waals surface area (Å²) in [5.74, 6) is 1.36. The highest BCUT2D eigenvalue weighted by molar-refractivity contribution is 7.91. The summed E-state index contributed by atoms with van der Waals surface area (Å²) < 4.78 is 31.2. The third-order valence-electron chi connectivity index (χ3n) is 6.73. The predicted octanol–water partition coefficient (Wildman–Crippen LogP) is 2.79. The van der Waals surface area contributed by atoms with Crippen molar-refractivity contribution < 1.29 is 13.2 Å². The van der Waals surface area contributed by atoms with E-state index in [2.05, 4.69) is 35.3 Å². The maximum Gasteiger partial charge on any atom is 0.152 e. The quantitative estimate of drug-likeness (QED) is 0.672. The number of benzene rings is 1. The van der Waals surface area contributed by atoms with Crippen molar-refractivity contribution in [1.29, 1.82) is 0 Å². The zero-order valence-corrected chi connectivity index (χ0v) is 19.6. The van der Waals surface area contributed by atoms with Crippen molar-refractivity contribution in [3.05, 3.63) is 46.8 Å². The molecule has 1 N–H and O–H groups in total. The molecule has 0 bridgehead atoms. The smallest absolute Gasteiger partial charge is 0.152 e. The van der Waals surface area contributed by atoms with E-state index < -0.39 is 9.84 Å². The van der Waals surface area contributed by atoms with E-state index in [0.29, 0.717) is 12.5 Å². The van der Waals surface area contributed by atoms with Crippen molar-refractivity contribution in [3.63, 3.8) is 0 Å². The fourth-order valence-electron chi connectivity index (χ4n) is 4.97. The Morgan fingerprint density at radius 3 is 2.71 bits per heavy atom. The number of hydrogen-bond donors (Lipinski definition) is 1. The summed E-state index contributed by atoms with van der Waals surface area (Å²) in [5, 5.41) is 8.36. The Hall–Kier alpha value is -1.90. The van der Waals surface area contributed by atoms with E-state index in [1.807, 2.05) is 17.7 Å². The van der Waals surface area contributed by atoms with Gasteiger partial charge in [-0.05, 0) is 63.9 Å². The number of nitrogens with zero attached hydrogens (tertiary/aromatic N) is 3. The average molecular weight is 447 g/mol. The van der Waals surface area contributed by atoms with Crippen LogP contribution in [0, 0.1) is 13.8 Å². The summed E-state index contributed by atoms with van der Waals surface area (Å²) in [6.45, 7) is 7.89. The maximum atomic E-state index is 11.9. The Bertz CT molecular complexity index is 1010. The first kappa shape index (κ1) is 22.3. The zero-order chi connectivity index (χ0) is 22.0. The highest BCUT2D eigenvalue weighted by Crippen LogP contribution is 2.29. The Morgan fingerprint density at radius 1 is 1.26 bits per heavy atom. The van der Waals surface area contributed by atoms with Gasteiger partial charge in [-0.3, -0.25) is 9.58 Å². The highest BCUT2D eigenvalue weighted by Gasteiger charge is 2.31. The number of likely N-dealkylation sites (tertiary alicyclic amines) is 1. The molecule has 4 rings (SSSR count). The first-order valence-electron chi connectivity index (χ1n) is 11.2. The molecule has 2 atom stereocenters. The van der Waals surface area contributed by atoms with Crippen LogP contribution in [0.3, 0.4) is 0 Å². The number of hydrogen-bond acceptors (Lipinski definition) is 6. The summed E-state index contributed by atoms with van der Waals surface area (Å²) in [6.07, 6.45) is 3.15. The number of rotatable bonds is 8. The van der Waals surface area contributed by atoms with Crippen molar-refractivity contribution in [2.24, 2.45) is 0 Å². The average Bonchev–Trinajstić information content (AvgIpc) is 3.46. The maximum absolute atomic E-state index is 11.9. The minimum Gasteiger partial charge on any atom is -0.497 e. The van der Waals surface area contributed by atoms with Crippen LogP contribution in [0.25, 0.3) is 0 Å². The van der Waals surface area contributed by atoms with E-state index in [1.165, 1.54) is 24.0 Å². The van der Waals surface area contributed by atoms with E-state index in [-0.39, 0.29) is 17.5 Å². The number of aromatic nitrogens is 2. The molecule has 1 aromatic heterocycles. The second-order valence-corrected chi connectivity index (χ2v) is 11.0. The topological polar surface area (TPSA) is 76.5 Å². The Labute approximate surface area is 185 Å². The molecule has 0 saturated carbocycles. The molecule has 0 spiro atoms. The Kier molecular flexibility index (Phi) is 6.69. The van der Waals surface area contributed by atoms with Gasteiger partial charge in [0.1, 0.15) is 5.75 Å². The van der Waals surface area contributed by atoms with Crippen molar-refractivity contribution >= 4 is 9.84 Å². The van der Waals surface area contributed by atoms with Crippen molar-refractivity contribution in [1.82, 2.24) is 20.0 Å². The van der Waals surface area contributed by atoms with Crippen LogP contribution in [0.2, 0.25) is 0 Å². The molecular formula is C23H34N4O3S. The van der Waals surface area contributed by atoms with Crippen LogP contribution in [0.4, 0.5) is 0 Å². The van der Waals surface area contributed by atoms with Gasteiger partial charge in [0.2, 0.25) is 0 Å². The molecule has 1 aromatic carbocycles. The number of sulfone groups is 1. The minimum atomic E-state index is -2.93. The lowest BCUT2D eigenvalue weighted by Gasteiger charge is -2.28. The number of methoxy groups -OCH3 is 1. The van der Waals surface area contributed by atoms with E-state index in [4.69, 9.17) is 9.84 Å². The SMILES string of the molecule is COc1cccc([C@H](CNCc2c(C)nn([C@H]3CCS(=O)(=O)C3)c2C)N2CCCC2)c1. The summed E-state index contributed by atoms with van der Waals surface area (Å²) in [4.78, 5) is 2.55. The molecule has 2 aromatic rings.